The van der Waals surface area contributed by atoms with Crippen LogP contribution in [0.1, 0.15) is 12.8 Å². The summed E-state index contributed by atoms with van der Waals surface area (Å²) < 4.78 is 2.08. The van der Waals surface area contributed by atoms with Crippen molar-refractivity contribution < 1.29 is 0 Å². The third-order valence-corrected chi connectivity index (χ3v) is 2.89. The number of unbranched alkanes of at least 4 members (excludes halogenated alkanes) is 1. The summed E-state index contributed by atoms with van der Waals surface area (Å²) in [6, 6.07) is 8.09. The van der Waals surface area contributed by atoms with Gasteiger partial charge in [-0.2, -0.15) is 5.26 Å². The van der Waals surface area contributed by atoms with Gasteiger partial charge in [0.2, 0.25) is 0 Å². The molecule has 0 aliphatic carbocycles. The van der Waals surface area contributed by atoms with E-state index in [2.05, 4.69) is 43.2 Å². The molecule has 1 aromatic carbocycles. The highest BCUT2D eigenvalue weighted by Gasteiger charge is 1.98. The second-order valence-electron chi connectivity index (χ2n) is 2.81. The molecule has 0 saturated heterocycles. The van der Waals surface area contributed by atoms with E-state index in [-0.39, 0.29) is 0 Å². The summed E-state index contributed by atoms with van der Waals surface area (Å²) in [4.78, 5) is 0. The van der Waals surface area contributed by atoms with Crippen molar-refractivity contribution >= 4 is 37.5 Å². The lowest BCUT2D eigenvalue weighted by Gasteiger charge is -2.07. The van der Waals surface area contributed by atoms with Crippen LogP contribution in [0.5, 0.6) is 0 Å². The first kappa shape index (κ1) is 11.5. The predicted octanol–water partition coefficient (Wildman–Crippen LogP) is 3.93. The minimum atomic E-state index is 0.596. The Morgan fingerprint density at radius 3 is 2.86 bits per heavy atom. The fraction of sp³-hybridized carbons (Fsp3) is 0.300. The highest BCUT2D eigenvalue weighted by Crippen LogP contribution is 2.25. The molecule has 1 rings (SSSR count). The van der Waals surface area contributed by atoms with E-state index in [0.29, 0.717) is 6.42 Å². The number of nitriles is 1. The van der Waals surface area contributed by atoms with E-state index in [0.717, 1.165) is 27.6 Å². The maximum atomic E-state index is 8.37. The van der Waals surface area contributed by atoms with Gasteiger partial charge < -0.3 is 5.32 Å². The molecule has 1 aromatic rings. The van der Waals surface area contributed by atoms with Crippen LogP contribution < -0.4 is 5.32 Å². The second-order valence-corrected chi connectivity index (χ2v) is 4.58. The summed E-state index contributed by atoms with van der Waals surface area (Å²) in [5.74, 6) is 0. The molecule has 0 heterocycles. The van der Waals surface area contributed by atoms with E-state index in [1.807, 2.05) is 18.2 Å². The zero-order chi connectivity index (χ0) is 10.4. The first-order valence-corrected chi connectivity index (χ1v) is 5.88. The highest BCUT2D eigenvalue weighted by molar-refractivity contribution is 9.11. The van der Waals surface area contributed by atoms with Crippen LogP contribution in [0.3, 0.4) is 0 Å². The molecule has 4 heteroatoms. The molecule has 0 radical (unpaired) electrons. The largest absolute Gasteiger partial charge is 0.384 e. The van der Waals surface area contributed by atoms with Crippen molar-refractivity contribution in [1.82, 2.24) is 0 Å². The molecule has 14 heavy (non-hydrogen) atoms. The van der Waals surface area contributed by atoms with Gasteiger partial charge >= 0.3 is 0 Å². The van der Waals surface area contributed by atoms with Crippen LogP contribution >= 0.6 is 31.9 Å². The molecule has 0 saturated carbocycles. The molecule has 0 atom stereocenters. The maximum Gasteiger partial charge on any atom is 0.0622 e. The minimum absolute atomic E-state index is 0.596. The van der Waals surface area contributed by atoms with Crippen LogP contribution in [0.4, 0.5) is 5.69 Å². The van der Waals surface area contributed by atoms with Crippen molar-refractivity contribution in [3.8, 4) is 6.07 Å². The number of halogens is 2. The van der Waals surface area contributed by atoms with E-state index < -0.39 is 0 Å². The van der Waals surface area contributed by atoms with Crippen molar-refractivity contribution in [3.63, 3.8) is 0 Å². The van der Waals surface area contributed by atoms with Gasteiger partial charge in [-0.3, -0.25) is 0 Å². The van der Waals surface area contributed by atoms with E-state index >= 15 is 0 Å². The van der Waals surface area contributed by atoms with E-state index in [4.69, 9.17) is 5.26 Å². The fourth-order valence-electron chi connectivity index (χ4n) is 1.02. The summed E-state index contributed by atoms with van der Waals surface area (Å²) in [5, 5.41) is 11.6. The minimum Gasteiger partial charge on any atom is -0.384 e. The quantitative estimate of drug-likeness (QED) is 0.854. The Balaban J connectivity index is 2.50. The van der Waals surface area contributed by atoms with Gasteiger partial charge in [0.15, 0.2) is 0 Å². The Labute approximate surface area is 101 Å². The molecular formula is C10H10Br2N2. The van der Waals surface area contributed by atoms with E-state index in [1.165, 1.54) is 0 Å². The van der Waals surface area contributed by atoms with Gasteiger partial charge in [-0.1, -0.05) is 15.9 Å². The van der Waals surface area contributed by atoms with Crippen LogP contribution in [0.25, 0.3) is 0 Å². The average Bonchev–Trinajstić information content (AvgIpc) is 2.18. The van der Waals surface area contributed by atoms with Crippen molar-refractivity contribution in [1.29, 1.82) is 5.26 Å². The lowest BCUT2D eigenvalue weighted by molar-refractivity contribution is 0.897. The Kier molecular flexibility index (Phi) is 4.99. The molecule has 1 N–H and O–H groups in total. The van der Waals surface area contributed by atoms with Gasteiger partial charge in [0.05, 0.1) is 6.07 Å². The van der Waals surface area contributed by atoms with Crippen molar-refractivity contribution in [2.75, 3.05) is 11.9 Å². The lowest BCUT2D eigenvalue weighted by atomic mass is 10.3. The van der Waals surface area contributed by atoms with Crippen LogP contribution in [0.15, 0.2) is 27.1 Å². The zero-order valence-corrected chi connectivity index (χ0v) is 10.7. The maximum absolute atomic E-state index is 8.37. The van der Waals surface area contributed by atoms with Gasteiger partial charge in [0.25, 0.3) is 0 Å². The van der Waals surface area contributed by atoms with Crippen molar-refractivity contribution in [3.05, 3.63) is 27.1 Å². The van der Waals surface area contributed by atoms with Crippen LogP contribution in [-0.2, 0) is 0 Å². The number of hydrogen-bond donors (Lipinski definition) is 1. The fourth-order valence-corrected chi connectivity index (χ4v) is 1.77. The van der Waals surface area contributed by atoms with E-state index in [1.54, 1.807) is 0 Å². The number of rotatable bonds is 4. The molecule has 0 aromatic heterocycles. The summed E-state index contributed by atoms with van der Waals surface area (Å²) >= 11 is 6.86. The molecule has 2 nitrogen and oxygen atoms in total. The first-order valence-electron chi connectivity index (χ1n) is 4.30. The third kappa shape index (κ3) is 3.69. The number of anilines is 1. The van der Waals surface area contributed by atoms with Crippen molar-refractivity contribution in [2.45, 2.75) is 12.8 Å². The van der Waals surface area contributed by atoms with Gasteiger partial charge in [0.1, 0.15) is 0 Å². The van der Waals surface area contributed by atoms with Gasteiger partial charge in [-0.25, -0.2) is 0 Å². The summed E-state index contributed by atoms with van der Waals surface area (Å²) in [5.41, 5.74) is 1.05. The summed E-state index contributed by atoms with van der Waals surface area (Å²) in [6.07, 6.45) is 1.47. The number of nitrogens with one attached hydrogen (secondary N) is 1. The smallest absolute Gasteiger partial charge is 0.0622 e. The predicted molar refractivity (Wildman–Crippen MR) is 65.2 cm³/mol. The molecule has 0 aliphatic heterocycles. The number of benzene rings is 1. The Hall–Kier alpha value is -0.530. The topological polar surface area (TPSA) is 35.8 Å². The van der Waals surface area contributed by atoms with Crippen LogP contribution in [0.2, 0.25) is 0 Å². The van der Waals surface area contributed by atoms with Gasteiger partial charge in [-0.15, -0.1) is 0 Å². The standard InChI is InChI=1S/C10H10Br2N2/c11-8-3-4-9(12)10(7-8)14-6-2-1-5-13/h3-4,7,14H,1-2,6H2. The highest BCUT2D eigenvalue weighted by atomic mass is 79.9. The molecule has 0 aliphatic rings. The molecule has 0 bridgehead atoms. The normalized spacial score (nSPS) is 9.50. The molecule has 0 amide bonds. The molecule has 0 spiro atoms. The van der Waals surface area contributed by atoms with Crippen LogP contribution in [0, 0.1) is 11.3 Å². The average molecular weight is 318 g/mol. The van der Waals surface area contributed by atoms with Gasteiger partial charge in [-0.05, 0) is 40.5 Å². The summed E-state index contributed by atoms with van der Waals surface area (Å²) in [6.45, 7) is 0.822. The van der Waals surface area contributed by atoms with Crippen molar-refractivity contribution in [2.24, 2.45) is 0 Å². The number of hydrogen-bond acceptors (Lipinski definition) is 2. The third-order valence-electron chi connectivity index (χ3n) is 1.71. The molecular weight excluding hydrogens is 308 g/mol. The zero-order valence-electron chi connectivity index (χ0n) is 7.56. The number of nitrogens with zero attached hydrogens (tertiary/aromatic N) is 1. The Morgan fingerprint density at radius 1 is 1.36 bits per heavy atom. The molecule has 0 unspecified atom stereocenters. The second kappa shape index (κ2) is 6.05. The Morgan fingerprint density at radius 2 is 2.14 bits per heavy atom. The molecule has 0 fully saturated rings. The Bertz CT molecular complexity index is 344. The molecule has 74 valence electrons. The lowest BCUT2D eigenvalue weighted by Crippen LogP contribution is -2.01. The van der Waals surface area contributed by atoms with E-state index in [9.17, 15) is 0 Å². The van der Waals surface area contributed by atoms with Gasteiger partial charge in [0, 0.05) is 27.6 Å². The monoisotopic (exact) mass is 316 g/mol. The SMILES string of the molecule is N#CCCCNc1cc(Br)ccc1Br. The van der Waals surface area contributed by atoms with Crippen LogP contribution in [-0.4, -0.2) is 6.54 Å². The summed E-state index contributed by atoms with van der Waals surface area (Å²) in [7, 11) is 0. The first-order chi connectivity index (χ1) is 6.74.